The van der Waals surface area contributed by atoms with E-state index >= 15 is 0 Å². The van der Waals surface area contributed by atoms with Gasteiger partial charge in [-0.3, -0.25) is 4.79 Å². The maximum Gasteiger partial charge on any atom is 0.253 e. The summed E-state index contributed by atoms with van der Waals surface area (Å²) in [7, 11) is 1.65. The number of rotatable bonds is 7. The Morgan fingerprint density at radius 2 is 2.00 bits per heavy atom. The van der Waals surface area contributed by atoms with E-state index < -0.39 is 0 Å². The maximum atomic E-state index is 12.9. The molecule has 33 heavy (non-hydrogen) atoms. The number of pyridine rings is 1. The Balaban J connectivity index is 1.59. The van der Waals surface area contributed by atoms with Crippen LogP contribution in [0.3, 0.4) is 0 Å². The number of H-pyrrole nitrogens is 1. The zero-order chi connectivity index (χ0) is 23.4. The van der Waals surface area contributed by atoms with Gasteiger partial charge >= 0.3 is 0 Å². The number of methoxy groups -OCH3 is 1. The summed E-state index contributed by atoms with van der Waals surface area (Å²) in [6, 6.07) is 14.1. The van der Waals surface area contributed by atoms with Gasteiger partial charge in [-0.1, -0.05) is 23.8 Å². The topological polar surface area (TPSA) is 66.6 Å². The van der Waals surface area contributed by atoms with Crippen LogP contribution < -0.4 is 15.6 Å². The molecule has 1 aliphatic heterocycles. The predicted molar refractivity (Wildman–Crippen MR) is 136 cm³/mol. The van der Waals surface area contributed by atoms with Gasteiger partial charge in [0.15, 0.2) is 5.11 Å². The molecule has 1 saturated heterocycles. The van der Waals surface area contributed by atoms with Gasteiger partial charge in [-0.2, -0.15) is 0 Å². The van der Waals surface area contributed by atoms with Gasteiger partial charge in [0.1, 0.15) is 5.75 Å². The molecule has 6 nitrogen and oxygen atoms in total. The van der Waals surface area contributed by atoms with Crippen molar-refractivity contribution in [2.24, 2.45) is 0 Å². The van der Waals surface area contributed by atoms with E-state index in [9.17, 15) is 4.79 Å². The van der Waals surface area contributed by atoms with Crippen LogP contribution in [0.15, 0.2) is 47.3 Å². The number of thiocarbonyl (C=S) groups is 1. The van der Waals surface area contributed by atoms with Gasteiger partial charge in [-0.25, -0.2) is 0 Å². The lowest BCUT2D eigenvalue weighted by molar-refractivity contribution is 0.113. The zero-order valence-corrected chi connectivity index (χ0v) is 20.3. The smallest absolute Gasteiger partial charge is 0.253 e. The standard InChI is InChI=1S/C26H31N3O3S/c1-17-11-18(2)24-20(12-17)13-21(25(30)28-24)16-29(15-19-6-8-22(31-3)9-7-19)26(33)27-14-23-5-4-10-32-23/h6-9,11-13,23H,4-5,10,14-16H2,1-3H3,(H,27,33)(H,28,30). The van der Waals surface area contributed by atoms with E-state index in [2.05, 4.69) is 29.4 Å². The first kappa shape index (κ1) is 23.3. The highest BCUT2D eigenvalue weighted by Gasteiger charge is 2.19. The summed E-state index contributed by atoms with van der Waals surface area (Å²) < 4.78 is 11.0. The van der Waals surface area contributed by atoms with Crippen molar-refractivity contribution in [1.29, 1.82) is 0 Å². The molecule has 7 heteroatoms. The molecular weight excluding hydrogens is 434 g/mol. The number of nitrogens with zero attached hydrogens (tertiary/aromatic N) is 1. The third-order valence-electron chi connectivity index (χ3n) is 6.06. The van der Waals surface area contributed by atoms with Gasteiger partial charge in [-0.05, 0) is 79.7 Å². The number of ether oxygens (including phenoxy) is 2. The normalized spacial score (nSPS) is 15.5. The Morgan fingerprint density at radius 3 is 2.70 bits per heavy atom. The first-order chi connectivity index (χ1) is 15.9. The minimum atomic E-state index is -0.0869. The molecule has 0 aliphatic carbocycles. The minimum absolute atomic E-state index is 0.0869. The highest BCUT2D eigenvalue weighted by atomic mass is 32.1. The van der Waals surface area contributed by atoms with Crippen molar-refractivity contribution in [3.05, 3.63) is 75.1 Å². The Hall–Kier alpha value is -2.90. The van der Waals surface area contributed by atoms with Gasteiger partial charge in [-0.15, -0.1) is 0 Å². The van der Waals surface area contributed by atoms with Gasteiger partial charge < -0.3 is 24.7 Å². The summed E-state index contributed by atoms with van der Waals surface area (Å²) in [4.78, 5) is 18.1. The van der Waals surface area contributed by atoms with Crippen LogP contribution >= 0.6 is 12.2 Å². The predicted octanol–water partition coefficient (Wildman–Crippen LogP) is 4.21. The first-order valence-electron chi connectivity index (χ1n) is 11.3. The van der Waals surface area contributed by atoms with Crippen molar-refractivity contribution < 1.29 is 9.47 Å². The molecule has 0 radical (unpaired) electrons. The number of nitrogens with one attached hydrogen (secondary N) is 2. The van der Waals surface area contributed by atoms with Crippen LogP contribution in [0.1, 0.15) is 35.1 Å². The van der Waals surface area contributed by atoms with Crippen molar-refractivity contribution in [2.45, 2.75) is 45.9 Å². The molecule has 1 atom stereocenters. The molecule has 2 N–H and O–H groups in total. The molecule has 2 aromatic carbocycles. The van der Waals surface area contributed by atoms with Crippen LogP contribution in [-0.4, -0.2) is 41.4 Å². The molecule has 2 heterocycles. The van der Waals surface area contributed by atoms with Gasteiger partial charge in [0.2, 0.25) is 0 Å². The Labute approximate surface area is 199 Å². The number of aromatic nitrogens is 1. The number of fused-ring (bicyclic) bond motifs is 1. The van der Waals surface area contributed by atoms with Gasteiger partial charge in [0, 0.05) is 25.3 Å². The van der Waals surface area contributed by atoms with Crippen molar-refractivity contribution in [3.63, 3.8) is 0 Å². The zero-order valence-electron chi connectivity index (χ0n) is 19.4. The Morgan fingerprint density at radius 1 is 1.21 bits per heavy atom. The minimum Gasteiger partial charge on any atom is -0.497 e. The lowest BCUT2D eigenvalue weighted by Gasteiger charge is -2.27. The lowest BCUT2D eigenvalue weighted by atomic mass is 10.1. The van der Waals surface area contributed by atoms with Crippen LogP contribution in [0.2, 0.25) is 0 Å². The van der Waals surface area contributed by atoms with Crippen molar-refractivity contribution in [3.8, 4) is 5.75 Å². The average molecular weight is 466 g/mol. The molecule has 174 valence electrons. The largest absolute Gasteiger partial charge is 0.497 e. The fraction of sp³-hybridized carbons (Fsp3) is 0.385. The number of hydrogen-bond acceptors (Lipinski definition) is 4. The second kappa shape index (κ2) is 10.4. The lowest BCUT2D eigenvalue weighted by Crippen LogP contribution is -2.42. The summed E-state index contributed by atoms with van der Waals surface area (Å²) in [5.74, 6) is 0.807. The van der Waals surface area contributed by atoms with Crippen molar-refractivity contribution >= 4 is 28.2 Å². The number of aromatic amines is 1. The van der Waals surface area contributed by atoms with Crippen LogP contribution in [0.25, 0.3) is 10.9 Å². The summed E-state index contributed by atoms with van der Waals surface area (Å²) in [5, 5.41) is 5.00. The third kappa shape index (κ3) is 5.72. The maximum absolute atomic E-state index is 12.9. The summed E-state index contributed by atoms with van der Waals surface area (Å²) in [5.41, 5.74) is 4.80. The quantitative estimate of drug-likeness (QED) is 0.510. The van der Waals surface area contributed by atoms with Crippen LogP contribution in [0.4, 0.5) is 0 Å². The van der Waals surface area contributed by atoms with Gasteiger partial charge in [0.05, 0.1) is 25.3 Å². The average Bonchev–Trinajstić information content (AvgIpc) is 3.32. The molecule has 0 spiro atoms. The van der Waals surface area contributed by atoms with E-state index in [1.54, 1.807) is 7.11 Å². The van der Waals surface area contributed by atoms with E-state index in [1.165, 1.54) is 5.56 Å². The Bertz CT molecular complexity index is 1180. The monoisotopic (exact) mass is 465 g/mol. The molecular formula is C26H31N3O3S. The summed E-state index contributed by atoms with van der Waals surface area (Å²) >= 11 is 5.76. The SMILES string of the molecule is COc1ccc(CN(Cc2cc3cc(C)cc(C)c3[nH]c2=O)C(=S)NCC2CCCO2)cc1. The third-order valence-corrected chi connectivity index (χ3v) is 6.46. The fourth-order valence-corrected chi connectivity index (χ4v) is 4.54. The second-order valence-corrected chi connectivity index (χ2v) is 9.08. The highest BCUT2D eigenvalue weighted by Crippen LogP contribution is 2.20. The van der Waals surface area contributed by atoms with E-state index in [-0.39, 0.29) is 11.7 Å². The Kier molecular flexibility index (Phi) is 7.30. The van der Waals surface area contributed by atoms with Gasteiger partial charge in [0.25, 0.3) is 5.56 Å². The summed E-state index contributed by atoms with van der Waals surface area (Å²) in [6.07, 6.45) is 2.30. The van der Waals surface area contributed by atoms with E-state index in [0.29, 0.717) is 30.3 Å². The van der Waals surface area contributed by atoms with Crippen LogP contribution in [0.5, 0.6) is 5.75 Å². The molecule has 1 aromatic heterocycles. The van der Waals surface area contributed by atoms with Crippen molar-refractivity contribution in [1.82, 2.24) is 15.2 Å². The van der Waals surface area contributed by atoms with E-state index in [0.717, 1.165) is 47.2 Å². The van der Waals surface area contributed by atoms with Crippen LogP contribution in [-0.2, 0) is 17.8 Å². The summed E-state index contributed by atoms with van der Waals surface area (Å²) in [6.45, 7) is 6.54. The number of aryl methyl sites for hydroxylation is 2. The number of benzene rings is 2. The molecule has 1 aliphatic rings. The van der Waals surface area contributed by atoms with E-state index in [4.69, 9.17) is 21.7 Å². The molecule has 1 fully saturated rings. The second-order valence-electron chi connectivity index (χ2n) is 8.69. The fourth-order valence-electron chi connectivity index (χ4n) is 4.32. The van der Waals surface area contributed by atoms with Crippen molar-refractivity contribution in [2.75, 3.05) is 20.3 Å². The number of hydrogen-bond donors (Lipinski definition) is 2. The molecule has 0 bridgehead atoms. The molecule has 0 amide bonds. The molecule has 4 rings (SSSR count). The molecule has 0 saturated carbocycles. The van der Waals surface area contributed by atoms with E-state index in [1.807, 2.05) is 42.2 Å². The highest BCUT2D eigenvalue weighted by molar-refractivity contribution is 7.80. The van der Waals surface area contributed by atoms with Crippen LogP contribution in [0, 0.1) is 13.8 Å². The first-order valence-corrected chi connectivity index (χ1v) is 11.7. The molecule has 3 aromatic rings. The molecule has 1 unspecified atom stereocenters.